The third-order valence-corrected chi connectivity index (χ3v) is 4.47. The van der Waals surface area contributed by atoms with Crippen molar-refractivity contribution < 1.29 is 19.2 Å². The molecule has 1 N–H and O–H groups in total. The molecule has 0 aliphatic rings. The number of rotatable bonds is 7. The fourth-order valence-corrected chi connectivity index (χ4v) is 2.84. The molecule has 8 heteroatoms. The van der Waals surface area contributed by atoms with Crippen molar-refractivity contribution in [3.63, 3.8) is 0 Å². The number of amides is 1. The van der Waals surface area contributed by atoms with Crippen LogP contribution in [0.2, 0.25) is 5.02 Å². The van der Waals surface area contributed by atoms with E-state index >= 15 is 0 Å². The maximum atomic E-state index is 12.5. The van der Waals surface area contributed by atoms with E-state index in [1.807, 2.05) is 0 Å². The SMILES string of the molecule is CC(Oc1cccc(NC(=O)c2cccc([N+](=O)[O-])c2)c1)C(=O)c1ccc(Cl)cc1. The van der Waals surface area contributed by atoms with Gasteiger partial charge in [-0.2, -0.15) is 0 Å². The first-order valence-corrected chi connectivity index (χ1v) is 9.33. The summed E-state index contributed by atoms with van der Waals surface area (Å²) >= 11 is 5.84. The minimum absolute atomic E-state index is 0.154. The third-order valence-electron chi connectivity index (χ3n) is 4.22. The van der Waals surface area contributed by atoms with E-state index in [1.165, 1.54) is 24.3 Å². The molecule has 0 radical (unpaired) electrons. The molecule has 0 aliphatic carbocycles. The Kier molecular flexibility index (Phi) is 6.44. The van der Waals surface area contributed by atoms with Crippen LogP contribution in [0, 0.1) is 10.1 Å². The smallest absolute Gasteiger partial charge is 0.270 e. The van der Waals surface area contributed by atoms with E-state index in [-0.39, 0.29) is 17.0 Å². The van der Waals surface area contributed by atoms with Gasteiger partial charge in [-0.1, -0.05) is 23.7 Å². The van der Waals surface area contributed by atoms with Gasteiger partial charge in [0.1, 0.15) is 5.75 Å². The Morgan fingerprint density at radius 3 is 2.40 bits per heavy atom. The van der Waals surface area contributed by atoms with Crippen molar-refractivity contribution in [1.29, 1.82) is 0 Å². The number of benzene rings is 3. The molecule has 0 saturated heterocycles. The molecule has 3 aromatic carbocycles. The summed E-state index contributed by atoms with van der Waals surface area (Å²) in [6.07, 6.45) is -0.756. The average Bonchev–Trinajstić information content (AvgIpc) is 2.74. The quantitative estimate of drug-likeness (QED) is 0.321. The lowest BCUT2D eigenvalue weighted by Gasteiger charge is -2.15. The summed E-state index contributed by atoms with van der Waals surface area (Å²) in [4.78, 5) is 35.2. The average molecular weight is 425 g/mol. The van der Waals surface area contributed by atoms with E-state index in [9.17, 15) is 19.7 Å². The van der Waals surface area contributed by atoms with E-state index in [0.717, 1.165) is 0 Å². The molecule has 7 nitrogen and oxygen atoms in total. The molecule has 30 heavy (non-hydrogen) atoms. The lowest BCUT2D eigenvalue weighted by Crippen LogP contribution is -2.24. The third kappa shape index (κ3) is 5.21. The van der Waals surface area contributed by atoms with Gasteiger partial charge < -0.3 is 10.1 Å². The number of non-ortho nitro benzene ring substituents is 1. The van der Waals surface area contributed by atoms with Crippen molar-refractivity contribution in [2.75, 3.05) is 5.32 Å². The van der Waals surface area contributed by atoms with E-state index < -0.39 is 16.9 Å². The summed E-state index contributed by atoms with van der Waals surface area (Å²) in [5.74, 6) is -0.319. The number of nitrogens with one attached hydrogen (secondary N) is 1. The highest BCUT2D eigenvalue weighted by molar-refractivity contribution is 6.30. The molecule has 1 unspecified atom stereocenters. The second-order valence-corrected chi connectivity index (χ2v) is 6.86. The Labute approximate surface area is 177 Å². The maximum Gasteiger partial charge on any atom is 0.270 e. The monoisotopic (exact) mass is 424 g/mol. The number of ketones is 1. The number of hydrogen-bond acceptors (Lipinski definition) is 5. The topological polar surface area (TPSA) is 98.5 Å². The summed E-state index contributed by atoms with van der Waals surface area (Å²) in [6.45, 7) is 1.63. The summed E-state index contributed by atoms with van der Waals surface area (Å²) in [6, 6.07) is 18.5. The summed E-state index contributed by atoms with van der Waals surface area (Å²) in [7, 11) is 0. The number of carbonyl (C=O) groups excluding carboxylic acids is 2. The zero-order chi connectivity index (χ0) is 21.7. The number of nitro groups is 1. The first kappa shape index (κ1) is 21.0. The molecule has 0 aliphatic heterocycles. The van der Waals surface area contributed by atoms with Crippen molar-refractivity contribution >= 4 is 34.7 Å². The van der Waals surface area contributed by atoms with Gasteiger partial charge in [0, 0.05) is 40.0 Å². The first-order chi connectivity index (χ1) is 14.3. The Hall–Kier alpha value is -3.71. The fraction of sp³-hybridized carbons (Fsp3) is 0.0909. The predicted octanol–water partition coefficient (Wildman–Crippen LogP) is 5.15. The molecular formula is C22H17ClN2O5. The fourth-order valence-electron chi connectivity index (χ4n) is 2.72. The van der Waals surface area contributed by atoms with Crippen LogP contribution in [0.3, 0.4) is 0 Å². The normalized spacial score (nSPS) is 11.4. The van der Waals surface area contributed by atoms with Crippen molar-refractivity contribution in [2.24, 2.45) is 0 Å². The predicted molar refractivity (Wildman–Crippen MR) is 113 cm³/mol. The number of anilines is 1. The van der Waals surface area contributed by atoms with Gasteiger partial charge in [0.15, 0.2) is 6.10 Å². The van der Waals surface area contributed by atoms with Gasteiger partial charge in [0.2, 0.25) is 5.78 Å². The van der Waals surface area contributed by atoms with E-state index in [1.54, 1.807) is 55.5 Å². The zero-order valence-electron chi connectivity index (χ0n) is 15.9. The molecular weight excluding hydrogens is 408 g/mol. The molecule has 0 bridgehead atoms. The van der Waals surface area contributed by atoms with Crippen molar-refractivity contribution in [1.82, 2.24) is 0 Å². The van der Waals surface area contributed by atoms with Gasteiger partial charge in [-0.3, -0.25) is 19.7 Å². The molecule has 0 heterocycles. The van der Waals surface area contributed by atoms with Gasteiger partial charge in [-0.15, -0.1) is 0 Å². The van der Waals surface area contributed by atoms with Crippen LogP contribution in [0.15, 0.2) is 72.8 Å². The van der Waals surface area contributed by atoms with Crippen LogP contribution in [0.25, 0.3) is 0 Å². The van der Waals surface area contributed by atoms with E-state index in [2.05, 4.69) is 5.32 Å². The minimum Gasteiger partial charge on any atom is -0.482 e. The van der Waals surface area contributed by atoms with Crippen LogP contribution in [-0.4, -0.2) is 22.7 Å². The first-order valence-electron chi connectivity index (χ1n) is 8.96. The Morgan fingerprint density at radius 2 is 1.70 bits per heavy atom. The van der Waals surface area contributed by atoms with Crippen LogP contribution in [-0.2, 0) is 0 Å². The Balaban J connectivity index is 1.69. The van der Waals surface area contributed by atoms with Crippen LogP contribution >= 0.6 is 11.6 Å². The molecule has 1 amide bonds. The van der Waals surface area contributed by atoms with Crippen LogP contribution in [0.1, 0.15) is 27.6 Å². The number of hydrogen-bond donors (Lipinski definition) is 1. The molecule has 0 saturated carbocycles. The molecule has 0 spiro atoms. The lowest BCUT2D eigenvalue weighted by atomic mass is 10.1. The highest BCUT2D eigenvalue weighted by atomic mass is 35.5. The van der Waals surface area contributed by atoms with E-state index in [4.69, 9.17) is 16.3 Å². The number of ether oxygens (including phenoxy) is 1. The van der Waals surface area contributed by atoms with Crippen molar-refractivity contribution in [3.8, 4) is 5.75 Å². The number of nitro benzene ring substituents is 1. The molecule has 3 aromatic rings. The molecule has 1 atom stereocenters. The van der Waals surface area contributed by atoms with Gasteiger partial charge in [-0.25, -0.2) is 0 Å². The van der Waals surface area contributed by atoms with Gasteiger partial charge >= 0.3 is 0 Å². The molecule has 0 aromatic heterocycles. The summed E-state index contributed by atoms with van der Waals surface area (Å²) < 4.78 is 5.72. The Bertz CT molecular complexity index is 1100. The number of Topliss-reactive ketones (excluding diaryl/α,β-unsaturated/α-hetero) is 1. The van der Waals surface area contributed by atoms with Crippen LogP contribution in [0.5, 0.6) is 5.75 Å². The molecule has 3 rings (SSSR count). The summed E-state index contributed by atoms with van der Waals surface area (Å²) in [5, 5.41) is 14.1. The minimum atomic E-state index is -0.756. The van der Waals surface area contributed by atoms with Gasteiger partial charge in [-0.05, 0) is 49.4 Å². The lowest BCUT2D eigenvalue weighted by molar-refractivity contribution is -0.384. The summed E-state index contributed by atoms with van der Waals surface area (Å²) in [5.41, 5.74) is 0.883. The highest BCUT2D eigenvalue weighted by Crippen LogP contribution is 2.21. The van der Waals surface area contributed by atoms with Crippen LogP contribution < -0.4 is 10.1 Å². The van der Waals surface area contributed by atoms with E-state index in [0.29, 0.717) is 22.0 Å². The number of halogens is 1. The van der Waals surface area contributed by atoms with Crippen molar-refractivity contribution in [3.05, 3.63) is 99.1 Å². The molecule has 152 valence electrons. The number of nitrogens with zero attached hydrogens (tertiary/aromatic N) is 1. The molecule has 0 fully saturated rings. The highest BCUT2D eigenvalue weighted by Gasteiger charge is 2.17. The largest absolute Gasteiger partial charge is 0.482 e. The number of carbonyl (C=O) groups is 2. The standard InChI is InChI=1S/C22H17ClN2O5/c1-14(21(26)15-8-10-17(23)11-9-15)30-20-7-3-5-18(13-20)24-22(27)16-4-2-6-19(12-16)25(28)29/h2-14H,1H3,(H,24,27). The van der Waals surface area contributed by atoms with Crippen LogP contribution in [0.4, 0.5) is 11.4 Å². The Morgan fingerprint density at radius 1 is 1.00 bits per heavy atom. The van der Waals surface area contributed by atoms with Gasteiger partial charge in [0.25, 0.3) is 11.6 Å². The van der Waals surface area contributed by atoms with Gasteiger partial charge in [0.05, 0.1) is 4.92 Å². The maximum absolute atomic E-state index is 12.5. The second-order valence-electron chi connectivity index (χ2n) is 6.42. The zero-order valence-corrected chi connectivity index (χ0v) is 16.6. The second kappa shape index (κ2) is 9.19. The van der Waals surface area contributed by atoms with Crippen molar-refractivity contribution in [2.45, 2.75) is 13.0 Å².